The molecule has 0 bridgehead atoms. The van der Waals surface area contributed by atoms with Gasteiger partial charge in [0, 0.05) is 12.6 Å². The van der Waals surface area contributed by atoms with Gasteiger partial charge in [0.2, 0.25) is 0 Å². The van der Waals surface area contributed by atoms with Crippen molar-refractivity contribution >= 4 is 0 Å². The zero-order valence-corrected chi connectivity index (χ0v) is 8.05. The van der Waals surface area contributed by atoms with Crippen LogP contribution in [0.15, 0.2) is 0 Å². The average molecular weight is 171 g/mol. The smallest absolute Gasteiger partial charge is 0.0434 e. The number of rotatable bonds is 7. The Bertz CT molecular complexity index is 106. The number of aliphatic hydroxyl groups excluding tert-OH is 1. The van der Waals surface area contributed by atoms with Crippen molar-refractivity contribution in [2.45, 2.75) is 45.1 Å². The molecular weight excluding hydrogens is 150 g/mol. The van der Waals surface area contributed by atoms with E-state index in [2.05, 4.69) is 12.2 Å². The predicted molar refractivity (Wildman–Crippen MR) is 51.1 cm³/mol. The molecule has 1 unspecified atom stereocenters. The van der Waals surface area contributed by atoms with E-state index in [-0.39, 0.29) is 0 Å². The van der Waals surface area contributed by atoms with Crippen LogP contribution in [0.3, 0.4) is 0 Å². The van der Waals surface area contributed by atoms with Gasteiger partial charge in [0.15, 0.2) is 0 Å². The summed E-state index contributed by atoms with van der Waals surface area (Å²) in [6.45, 7) is 3.66. The van der Waals surface area contributed by atoms with Crippen molar-refractivity contribution in [1.29, 1.82) is 0 Å². The molecule has 72 valence electrons. The minimum absolute atomic E-state index is 0.344. The fourth-order valence-electron chi connectivity index (χ4n) is 1.56. The minimum Gasteiger partial charge on any atom is -0.396 e. The molecule has 0 aromatic carbocycles. The van der Waals surface area contributed by atoms with E-state index in [0.29, 0.717) is 12.5 Å². The highest BCUT2D eigenvalue weighted by molar-refractivity contribution is 4.81. The summed E-state index contributed by atoms with van der Waals surface area (Å²) in [7, 11) is 0. The Morgan fingerprint density at radius 1 is 1.42 bits per heavy atom. The summed E-state index contributed by atoms with van der Waals surface area (Å²) in [5.41, 5.74) is 0. The van der Waals surface area contributed by atoms with Crippen LogP contribution in [0, 0.1) is 5.92 Å². The van der Waals surface area contributed by atoms with E-state index in [0.717, 1.165) is 19.0 Å². The van der Waals surface area contributed by atoms with Crippen LogP contribution in [0.4, 0.5) is 0 Å². The Labute approximate surface area is 75.4 Å². The van der Waals surface area contributed by atoms with Crippen molar-refractivity contribution in [3.63, 3.8) is 0 Å². The lowest BCUT2D eigenvalue weighted by molar-refractivity contribution is 0.248. The van der Waals surface area contributed by atoms with E-state index in [1.807, 2.05) is 0 Å². The van der Waals surface area contributed by atoms with Crippen LogP contribution in [0.2, 0.25) is 0 Å². The quantitative estimate of drug-likeness (QED) is 0.609. The molecule has 0 saturated heterocycles. The van der Waals surface area contributed by atoms with Crippen LogP contribution in [0.5, 0.6) is 0 Å². The maximum atomic E-state index is 8.82. The molecule has 12 heavy (non-hydrogen) atoms. The van der Waals surface area contributed by atoms with Gasteiger partial charge in [-0.2, -0.15) is 0 Å². The average Bonchev–Trinajstić information content (AvgIpc) is 2.84. The highest BCUT2D eigenvalue weighted by Crippen LogP contribution is 2.20. The van der Waals surface area contributed by atoms with E-state index in [4.69, 9.17) is 5.11 Å². The van der Waals surface area contributed by atoms with Gasteiger partial charge in [-0.05, 0) is 38.1 Å². The van der Waals surface area contributed by atoms with Crippen molar-refractivity contribution in [1.82, 2.24) is 5.32 Å². The zero-order valence-electron chi connectivity index (χ0n) is 8.05. The second-order valence-corrected chi connectivity index (χ2v) is 3.85. The number of aliphatic hydroxyl groups is 1. The summed E-state index contributed by atoms with van der Waals surface area (Å²) >= 11 is 0. The fraction of sp³-hybridized carbons (Fsp3) is 1.00. The first-order valence-electron chi connectivity index (χ1n) is 5.21. The molecule has 0 aromatic rings. The molecule has 0 amide bonds. The molecule has 0 spiro atoms. The lowest BCUT2D eigenvalue weighted by Crippen LogP contribution is -2.25. The van der Waals surface area contributed by atoms with Crippen LogP contribution in [-0.2, 0) is 0 Å². The van der Waals surface area contributed by atoms with E-state index >= 15 is 0 Å². The van der Waals surface area contributed by atoms with Gasteiger partial charge in [0.1, 0.15) is 0 Å². The van der Waals surface area contributed by atoms with Crippen LogP contribution in [-0.4, -0.2) is 24.3 Å². The maximum Gasteiger partial charge on any atom is 0.0434 e. The van der Waals surface area contributed by atoms with Gasteiger partial charge in [-0.3, -0.25) is 0 Å². The summed E-state index contributed by atoms with van der Waals surface area (Å²) in [6.07, 6.45) is 6.17. The summed E-state index contributed by atoms with van der Waals surface area (Å²) in [4.78, 5) is 0. The van der Waals surface area contributed by atoms with E-state index in [9.17, 15) is 0 Å². The summed E-state index contributed by atoms with van der Waals surface area (Å²) < 4.78 is 0. The molecule has 1 fully saturated rings. The zero-order chi connectivity index (χ0) is 8.81. The Hall–Kier alpha value is -0.0800. The second kappa shape index (κ2) is 5.55. The largest absolute Gasteiger partial charge is 0.396 e. The molecule has 0 radical (unpaired) electrons. The predicted octanol–water partition coefficient (Wildman–Crippen LogP) is 1.54. The highest BCUT2D eigenvalue weighted by Gasteiger charge is 2.21. The lowest BCUT2D eigenvalue weighted by Gasteiger charge is -2.14. The van der Waals surface area contributed by atoms with E-state index in [1.54, 1.807) is 0 Å². The number of hydrogen-bond donors (Lipinski definition) is 2. The molecule has 0 aromatic heterocycles. The molecule has 1 aliphatic rings. The van der Waals surface area contributed by atoms with Gasteiger partial charge in [-0.25, -0.2) is 0 Å². The molecular formula is C10H21NO. The third-order valence-electron chi connectivity index (χ3n) is 2.51. The molecule has 1 rings (SSSR count). The Balaban J connectivity index is 2.03. The van der Waals surface area contributed by atoms with E-state index < -0.39 is 0 Å². The molecule has 0 aliphatic heterocycles. The lowest BCUT2D eigenvalue weighted by atomic mass is 10.0. The summed E-state index contributed by atoms with van der Waals surface area (Å²) in [6, 6.07) is 0.808. The molecule has 0 heterocycles. The Morgan fingerprint density at radius 3 is 2.67 bits per heavy atom. The first kappa shape index (κ1) is 10.0. The van der Waals surface area contributed by atoms with Crippen molar-refractivity contribution in [3.05, 3.63) is 0 Å². The standard InChI is InChI=1S/C10H21NO/c1-2-3-9(6-7-12)8-11-10-4-5-10/h9-12H,2-8H2,1H3. The number of hydrogen-bond acceptors (Lipinski definition) is 2. The topological polar surface area (TPSA) is 32.3 Å². The molecule has 1 atom stereocenters. The van der Waals surface area contributed by atoms with Gasteiger partial charge in [0.25, 0.3) is 0 Å². The van der Waals surface area contributed by atoms with Gasteiger partial charge in [-0.15, -0.1) is 0 Å². The fourth-order valence-corrected chi connectivity index (χ4v) is 1.56. The third-order valence-corrected chi connectivity index (χ3v) is 2.51. The molecule has 1 aliphatic carbocycles. The van der Waals surface area contributed by atoms with Gasteiger partial charge in [-0.1, -0.05) is 13.3 Å². The van der Waals surface area contributed by atoms with Crippen LogP contribution in [0.25, 0.3) is 0 Å². The highest BCUT2D eigenvalue weighted by atomic mass is 16.3. The second-order valence-electron chi connectivity index (χ2n) is 3.85. The molecule has 1 saturated carbocycles. The Morgan fingerprint density at radius 2 is 2.17 bits per heavy atom. The van der Waals surface area contributed by atoms with Crippen molar-refractivity contribution < 1.29 is 5.11 Å². The first-order valence-corrected chi connectivity index (χ1v) is 5.21. The van der Waals surface area contributed by atoms with Crippen LogP contribution < -0.4 is 5.32 Å². The molecule has 2 nitrogen and oxygen atoms in total. The van der Waals surface area contributed by atoms with Crippen LogP contribution >= 0.6 is 0 Å². The van der Waals surface area contributed by atoms with Crippen molar-refractivity contribution in [2.24, 2.45) is 5.92 Å². The summed E-state index contributed by atoms with van der Waals surface area (Å²) in [5, 5.41) is 12.3. The first-order chi connectivity index (χ1) is 5.86. The van der Waals surface area contributed by atoms with E-state index in [1.165, 1.54) is 25.7 Å². The van der Waals surface area contributed by atoms with Gasteiger partial charge in [0.05, 0.1) is 0 Å². The van der Waals surface area contributed by atoms with Crippen molar-refractivity contribution in [2.75, 3.05) is 13.2 Å². The van der Waals surface area contributed by atoms with Crippen molar-refractivity contribution in [3.8, 4) is 0 Å². The SMILES string of the molecule is CCCC(CCO)CNC1CC1. The Kier molecular flexibility index (Phi) is 4.62. The molecule has 2 heteroatoms. The monoisotopic (exact) mass is 171 g/mol. The van der Waals surface area contributed by atoms with Gasteiger partial charge >= 0.3 is 0 Å². The summed E-state index contributed by atoms with van der Waals surface area (Å²) in [5.74, 6) is 0.695. The number of nitrogens with one attached hydrogen (secondary N) is 1. The van der Waals surface area contributed by atoms with Gasteiger partial charge < -0.3 is 10.4 Å². The minimum atomic E-state index is 0.344. The molecule has 2 N–H and O–H groups in total. The third kappa shape index (κ3) is 4.07. The van der Waals surface area contributed by atoms with Crippen LogP contribution in [0.1, 0.15) is 39.0 Å². The normalized spacial score (nSPS) is 19.5. The maximum absolute atomic E-state index is 8.82.